The summed E-state index contributed by atoms with van der Waals surface area (Å²) >= 11 is 5.84. The highest BCUT2D eigenvalue weighted by molar-refractivity contribution is 6.31. The summed E-state index contributed by atoms with van der Waals surface area (Å²) in [5.74, 6) is -0.622. The van der Waals surface area contributed by atoms with Crippen LogP contribution < -0.4 is 5.32 Å². The van der Waals surface area contributed by atoms with Gasteiger partial charge in [-0.2, -0.15) is 0 Å². The molecule has 0 aliphatic rings. The second-order valence-electron chi connectivity index (χ2n) is 4.23. The molecule has 0 aromatic heterocycles. The number of rotatable bonds is 5. The molecule has 1 nitrogen and oxygen atoms in total. The van der Waals surface area contributed by atoms with Crippen LogP contribution in [-0.2, 0) is 13.0 Å². The molecule has 4 heteroatoms. The maximum absolute atomic E-state index is 13.4. The molecular weight excluding hydrogens is 268 g/mol. The molecule has 0 aliphatic carbocycles. The molecule has 2 rings (SSSR count). The largest absolute Gasteiger partial charge is 0.312 e. The number of halogens is 3. The van der Waals surface area contributed by atoms with Gasteiger partial charge in [0.25, 0.3) is 0 Å². The maximum Gasteiger partial charge on any atom is 0.142 e. The van der Waals surface area contributed by atoms with Crippen molar-refractivity contribution in [2.24, 2.45) is 0 Å². The van der Waals surface area contributed by atoms with E-state index in [1.54, 1.807) is 24.3 Å². The summed E-state index contributed by atoms with van der Waals surface area (Å²) in [6, 6.07) is 11.4. The Kier molecular flexibility index (Phi) is 4.88. The van der Waals surface area contributed by atoms with Gasteiger partial charge in [-0.3, -0.25) is 0 Å². The van der Waals surface area contributed by atoms with E-state index in [0.717, 1.165) is 0 Å². The fourth-order valence-corrected chi connectivity index (χ4v) is 2.03. The predicted octanol–water partition coefficient (Wildman–Crippen LogP) is 3.95. The van der Waals surface area contributed by atoms with Crippen molar-refractivity contribution in [2.75, 3.05) is 6.54 Å². The van der Waals surface area contributed by atoms with Gasteiger partial charge in [-0.25, -0.2) is 8.78 Å². The molecule has 0 heterocycles. The monoisotopic (exact) mass is 281 g/mol. The van der Waals surface area contributed by atoms with E-state index >= 15 is 0 Å². The zero-order valence-electron chi connectivity index (χ0n) is 10.3. The molecule has 0 amide bonds. The Morgan fingerprint density at radius 1 is 0.895 bits per heavy atom. The van der Waals surface area contributed by atoms with Crippen molar-refractivity contribution in [3.8, 4) is 0 Å². The van der Waals surface area contributed by atoms with Crippen LogP contribution in [0, 0.1) is 11.6 Å². The van der Waals surface area contributed by atoms with E-state index in [2.05, 4.69) is 5.32 Å². The Morgan fingerprint density at radius 2 is 1.58 bits per heavy atom. The molecule has 0 bridgehead atoms. The average Bonchev–Trinajstić information content (AvgIpc) is 2.41. The molecule has 19 heavy (non-hydrogen) atoms. The smallest absolute Gasteiger partial charge is 0.142 e. The lowest BCUT2D eigenvalue weighted by Crippen LogP contribution is -2.17. The summed E-state index contributed by atoms with van der Waals surface area (Å²) in [5.41, 5.74) is 1.37. The van der Waals surface area contributed by atoms with Crippen LogP contribution >= 0.6 is 11.6 Å². The van der Waals surface area contributed by atoms with Crippen molar-refractivity contribution in [3.63, 3.8) is 0 Å². The fourth-order valence-electron chi connectivity index (χ4n) is 1.83. The summed E-state index contributed by atoms with van der Waals surface area (Å²) in [6.45, 7) is 1.07. The Bertz CT molecular complexity index is 558. The molecule has 0 saturated carbocycles. The molecule has 0 unspecified atom stereocenters. The third-order valence-electron chi connectivity index (χ3n) is 2.88. The van der Waals surface area contributed by atoms with Crippen LogP contribution in [0.2, 0.25) is 5.02 Å². The fraction of sp³-hybridized carbons (Fsp3) is 0.200. The van der Waals surface area contributed by atoms with E-state index in [1.807, 2.05) is 6.07 Å². The lowest BCUT2D eigenvalue weighted by Gasteiger charge is -2.07. The van der Waals surface area contributed by atoms with Gasteiger partial charge < -0.3 is 5.32 Å². The Morgan fingerprint density at radius 3 is 2.37 bits per heavy atom. The highest BCUT2D eigenvalue weighted by Crippen LogP contribution is 2.19. The van der Waals surface area contributed by atoms with Crippen molar-refractivity contribution in [1.29, 1.82) is 0 Å². The van der Waals surface area contributed by atoms with E-state index in [0.29, 0.717) is 30.6 Å². The SMILES string of the molecule is Fc1ccccc1CCNCc1cccc(F)c1Cl. The number of nitrogens with one attached hydrogen (secondary N) is 1. The molecule has 2 aromatic carbocycles. The van der Waals surface area contributed by atoms with E-state index < -0.39 is 5.82 Å². The lowest BCUT2D eigenvalue weighted by molar-refractivity contribution is 0.596. The summed E-state index contributed by atoms with van der Waals surface area (Å²) in [4.78, 5) is 0. The van der Waals surface area contributed by atoms with Gasteiger partial charge in [0.05, 0.1) is 5.02 Å². The van der Waals surface area contributed by atoms with Crippen LogP contribution in [0.25, 0.3) is 0 Å². The van der Waals surface area contributed by atoms with Crippen LogP contribution in [0.3, 0.4) is 0 Å². The minimum atomic E-state index is -0.421. The van der Waals surface area contributed by atoms with E-state index in [-0.39, 0.29) is 10.8 Å². The van der Waals surface area contributed by atoms with E-state index in [9.17, 15) is 8.78 Å². The first kappa shape index (κ1) is 14.0. The van der Waals surface area contributed by atoms with Gasteiger partial charge in [-0.15, -0.1) is 0 Å². The number of hydrogen-bond donors (Lipinski definition) is 1. The van der Waals surface area contributed by atoms with Crippen LogP contribution in [0.1, 0.15) is 11.1 Å². The van der Waals surface area contributed by atoms with Crippen LogP contribution in [-0.4, -0.2) is 6.54 Å². The standard InChI is InChI=1S/C15H14ClF2N/c16-15-12(5-3-7-14(15)18)10-19-9-8-11-4-1-2-6-13(11)17/h1-7,19H,8-10H2. The molecule has 0 fully saturated rings. The number of benzene rings is 2. The van der Waals surface area contributed by atoms with Crippen molar-refractivity contribution in [3.05, 3.63) is 70.2 Å². The van der Waals surface area contributed by atoms with Crippen LogP contribution in [0.5, 0.6) is 0 Å². The minimum absolute atomic E-state index is 0.140. The summed E-state index contributed by atoms with van der Waals surface area (Å²) < 4.78 is 26.6. The summed E-state index contributed by atoms with van der Waals surface area (Å²) in [6.07, 6.45) is 0.583. The summed E-state index contributed by atoms with van der Waals surface area (Å²) in [7, 11) is 0. The second-order valence-corrected chi connectivity index (χ2v) is 4.61. The van der Waals surface area contributed by atoms with Gasteiger partial charge in [-0.05, 0) is 36.2 Å². The third kappa shape index (κ3) is 3.75. The average molecular weight is 282 g/mol. The van der Waals surface area contributed by atoms with E-state index in [4.69, 9.17) is 11.6 Å². The Hall–Kier alpha value is -1.45. The Labute approximate surface area is 116 Å². The van der Waals surface area contributed by atoms with Crippen molar-refractivity contribution >= 4 is 11.6 Å². The Balaban J connectivity index is 1.84. The molecule has 0 spiro atoms. The van der Waals surface area contributed by atoms with Gasteiger partial charge >= 0.3 is 0 Å². The van der Waals surface area contributed by atoms with Crippen molar-refractivity contribution < 1.29 is 8.78 Å². The van der Waals surface area contributed by atoms with Gasteiger partial charge in [0.15, 0.2) is 0 Å². The predicted molar refractivity (Wildman–Crippen MR) is 73.2 cm³/mol. The quantitative estimate of drug-likeness (QED) is 0.818. The number of hydrogen-bond acceptors (Lipinski definition) is 1. The molecule has 0 radical (unpaired) electrons. The maximum atomic E-state index is 13.4. The summed E-state index contributed by atoms with van der Waals surface area (Å²) in [5, 5.41) is 3.27. The molecule has 100 valence electrons. The zero-order valence-corrected chi connectivity index (χ0v) is 11.1. The van der Waals surface area contributed by atoms with Gasteiger partial charge in [0, 0.05) is 6.54 Å². The normalized spacial score (nSPS) is 10.7. The third-order valence-corrected chi connectivity index (χ3v) is 3.30. The topological polar surface area (TPSA) is 12.0 Å². The van der Waals surface area contributed by atoms with Crippen molar-refractivity contribution in [2.45, 2.75) is 13.0 Å². The van der Waals surface area contributed by atoms with Crippen LogP contribution in [0.4, 0.5) is 8.78 Å². The van der Waals surface area contributed by atoms with Gasteiger partial charge in [0.2, 0.25) is 0 Å². The van der Waals surface area contributed by atoms with Gasteiger partial charge in [-0.1, -0.05) is 41.9 Å². The first-order chi connectivity index (χ1) is 9.18. The molecule has 0 aliphatic heterocycles. The first-order valence-corrected chi connectivity index (χ1v) is 6.43. The lowest BCUT2D eigenvalue weighted by atomic mass is 10.1. The minimum Gasteiger partial charge on any atom is -0.312 e. The highest BCUT2D eigenvalue weighted by atomic mass is 35.5. The molecule has 1 N–H and O–H groups in total. The molecular formula is C15H14ClF2N. The second kappa shape index (κ2) is 6.64. The molecule has 2 aromatic rings. The zero-order chi connectivity index (χ0) is 13.7. The van der Waals surface area contributed by atoms with Crippen molar-refractivity contribution in [1.82, 2.24) is 5.32 Å². The molecule has 0 atom stereocenters. The first-order valence-electron chi connectivity index (χ1n) is 6.05. The van der Waals surface area contributed by atoms with E-state index in [1.165, 1.54) is 12.1 Å². The molecule has 0 saturated heterocycles. The van der Waals surface area contributed by atoms with Crippen LogP contribution in [0.15, 0.2) is 42.5 Å². The van der Waals surface area contributed by atoms with Gasteiger partial charge in [0.1, 0.15) is 11.6 Å². The highest BCUT2D eigenvalue weighted by Gasteiger charge is 2.05.